The van der Waals surface area contributed by atoms with E-state index in [1.165, 1.54) is 5.56 Å². The Bertz CT molecular complexity index is 392. The third-order valence-corrected chi connectivity index (χ3v) is 2.03. The molecule has 0 fully saturated rings. The van der Waals surface area contributed by atoms with E-state index in [4.69, 9.17) is 0 Å². The molecule has 1 aromatic heterocycles. The van der Waals surface area contributed by atoms with Gasteiger partial charge in [0.2, 0.25) is 0 Å². The number of aromatic nitrogens is 3. The summed E-state index contributed by atoms with van der Waals surface area (Å²) in [4.78, 5) is 3.13. The third-order valence-electron chi connectivity index (χ3n) is 2.03. The van der Waals surface area contributed by atoms with E-state index in [0.717, 1.165) is 18.1 Å². The van der Waals surface area contributed by atoms with Crippen LogP contribution in [0.4, 0.5) is 0 Å². The van der Waals surface area contributed by atoms with Crippen LogP contribution >= 0.6 is 0 Å². The van der Waals surface area contributed by atoms with Crippen molar-refractivity contribution in [2.45, 2.75) is 12.8 Å². The third kappa shape index (κ3) is 1.99. The molecular weight excluding hydrogens is 174 g/mol. The van der Waals surface area contributed by atoms with Gasteiger partial charge in [0.1, 0.15) is 11.6 Å². The Morgan fingerprint density at radius 1 is 1.07 bits per heavy atom. The molecule has 0 aliphatic rings. The Kier molecular flexibility index (Phi) is 2.58. The average Bonchev–Trinajstić information content (AvgIpc) is 2.67. The van der Waals surface area contributed by atoms with Crippen LogP contribution in [0.2, 0.25) is 0 Å². The van der Waals surface area contributed by atoms with Gasteiger partial charge in [-0.2, -0.15) is 0 Å². The molecule has 0 aliphatic heterocycles. The lowest BCUT2D eigenvalue weighted by atomic mass is 10.1. The number of nitrogens with one attached hydrogen (secondary N) is 1. The Morgan fingerprint density at radius 2 is 1.79 bits per heavy atom. The summed E-state index contributed by atoms with van der Waals surface area (Å²) in [5.41, 5.74) is 1.24. The largest absolute Gasteiger partial charge is 0.329 e. The predicted molar refractivity (Wildman–Crippen MR) is 54.7 cm³/mol. The van der Waals surface area contributed by atoms with Crippen molar-refractivity contribution >= 4 is 0 Å². The monoisotopic (exact) mass is 186 g/mol. The molecule has 0 spiro atoms. The first-order valence-corrected chi connectivity index (χ1v) is 4.62. The van der Waals surface area contributed by atoms with Crippen LogP contribution in [0.25, 0.3) is 0 Å². The Labute approximate surface area is 83.2 Å². The van der Waals surface area contributed by atoms with E-state index in [-0.39, 0.29) is 0 Å². The first kappa shape index (κ1) is 8.94. The predicted octanol–water partition coefficient (Wildman–Crippen LogP) is 1.77. The van der Waals surface area contributed by atoms with Gasteiger partial charge >= 0.3 is 0 Å². The van der Waals surface area contributed by atoms with Crippen molar-refractivity contribution in [2.24, 2.45) is 0 Å². The van der Waals surface area contributed by atoms with E-state index >= 15 is 0 Å². The molecular formula is C11H12N3. The van der Waals surface area contributed by atoms with Gasteiger partial charge in [-0.05, 0) is 12.5 Å². The van der Waals surface area contributed by atoms with E-state index in [0.29, 0.717) is 6.42 Å². The van der Waals surface area contributed by atoms with Crippen molar-refractivity contribution in [2.75, 3.05) is 0 Å². The maximum atomic E-state index is 4.04. The Morgan fingerprint density at radius 3 is 2.43 bits per heavy atom. The molecule has 0 bridgehead atoms. The normalized spacial score (nSPS) is 10.4. The maximum absolute atomic E-state index is 4.04. The highest BCUT2D eigenvalue weighted by Gasteiger charge is 2.01. The number of nitrogens with zero attached hydrogens (tertiary/aromatic N) is 2. The second kappa shape index (κ2) is 4.05. The minimum absolute atomic E-state index is 0.655. The highest BCUT2D eigenvalue weighted by atomic mass is 15.2. The van der Waals surface area contributed by atoms with Crippen molar-refractivity contribution in [3.8, 4) is 0 Å². The summed E-state index contributed by atoms with van der Waals surface area (Å²) in [6, 6.07) is 10.2. The molecule has 71 valence electrons. The zero-order valence-electron chi connectivity index (χ0n) is 7.90. The van der Waals surface area contributed by atoms with Gasteiger partial charge in [0.25, 0.3) is 0 Å². The first-order chi connectivity index (χ1) is 6.88. The molecule has 1 radical (unpaired) electrons. The molecule has 3 nitrogen and oxygen atoms in total. The van der Waals surface area contributed by atoms with E-state index in [1.807, 2.05) is 18.2 Å². The number of hydrogen-bond donors (Lipinski definition) is 1. The summed E-state index contributed by atoms with van der Waals surface area (Å²) >= 11 is 0. The quantitative estimate of drug-likeness (QED) is 0.793. The molecule has 3 heteroatoms. The molecule has 0 unspecified atom stereocenters. The summed E-state index contributed by atoms with van der Waals surface area (Å²) in [5.74, 6) is 1.74. The number of H-pyrrole nitrogens is 1. The second-order valence-corrected chi connectivity index (χ2v) is 3.13. The van der Waals surface area contributed by atoms with Crippen LogP contribution in [0.1, 0.15) is 17.2 Å². The number of hydrogen-bond acceptors (Lipinski definition) is 2. The minimum atomic E-state index is 0.655. The van der Waals surface area contributed by atoms with E-state index in [1.54, 1.807) is 0 Å². The highest BCUT2D eigenvalue weighted by molar-refractivity contribution is 5.18. The highest BCUT2D eigenvalue weighted by Crippen LogP contribution is 2.04. The smallest absolute Gasteiger partial charge is 0.134 e. The van der Waals surface area contributed by atoms with E-state index in [2.05, 4.69) is 34.2 Å². The first-order valence-electron chi connectivity index (χ1n) is 4.62. The summed E-state index contributed by atoms with van der Waals surface area (Å²) in [5, 5.41) is 8.00. The number of benzene rings is 1. The van der Waals surface area contributed by atoms with Crippen LogP contribution in [-0.4, -0.2) is 15.2 Å². The van der Waals surface area contributed by atoms with Gasteiger partial charge in [0.15, 0.2) is 0 Å². The van der Waals surface area contributed by atoms with Crippen LogP contribution in [0.3, 0.4) is 0 Å². The average molecular weight is 186 g/mol. The van der Waals surface area contributed by atoms with Gasteiger partial charge in [-0.25, -0.2) is 0 Å². The van der Waals surface area contributed by atoms with Crippen molar-refractivity contribution in [1.29, 1.82) is 0 Å². The SMILES string of the molecule is [CH2]Cc1nnc(Cc2ccccc2)[nH]1. The van der Waals surface area contributed by atoms with Crippen LogP contribution in [-0.2, 0) is 12.8 Å². The van der Waals surface area contributed by atoms with Gasteiger partial charge in [-0.3, -0.25) is 0 Å². The van der Waals surface area contributed by atoms with Crippen LogP contribution in [0.15, 0.2) is 30.3 Å². The maximum Gasteiger partial charge on any atom is 0.134 e. The Hall–Kier alpha value is -1.64. The molecule has 2 aromatic rings. The van der Waals surface area contributed by atoms with Crippen LogP contribution in [0.5, 0.6) is 0 Å². The van der Waals surface area contributed by atoms with Crippen LogP contribution < -0.4 is 0 Å². The molecule has 0 saturated heterocycles. The van der Waals surface area contributed by atoms with Crippen LogP contribution in [0, 0.1) is 6.92 Å². The minimum Gasteiger partial charge on any atom is -0.329 e. The zero-order chi connectivity index (χ0) is 9.80. The fraction of sp³-hybridized carbons (Fsp3) is 0.182. The second-order valence-electron chi connectivity index (χ2n) is 3.13. The van der Waals surface area contributed by atoms with E-state index < -0.39 is 0 Å². The zero-order valence-corrected chi connectivity index (χ0v) is 7.90. The molecule has 1 heterocycles. The topological polar surface area (TPSA) is 41.6 Å². The standard InChI is InChI=1S/C11H12N3/c1-2-10-12-11(14-13-10)8-9-6-4-3-5-7-9/h3-7H,1-2,8H2,(H,12,13,14). The van der Waals surface area contributed by atoms with Gasteiger partial charge in [-0.15, -0.1) is 10.2 Å². The number of aromatic amines is 1. The summed E-state index contributed by atoms with van der Waals surface area (Å²) < 4.78 is 0. The molecule has 0 saturated carbocycles. The van der Waals surface area contributed by atoms with Gasteiger partial charge in [0.05, 0.1) is 0 Å². The molecule has 2 rings (SSSR count). The molecule has 1 aromatic carbocycles. The molecule has 1 N–H and O–H groups in total. The van der Waals surface area contributed by atoms with Crippen molar-refractivity contribution in [1.82, 2.24) is 15.2 Å². The molecule has 0 atom stereocenters. The van der Waals surface area contributed by atoms with E-state index in [9.17, 15) is 0 Å². The van der Waals surface area contributed by atoms with Crippen molar-refractivity contribution in [3.05, 3.63) is 54.5 Å². The molecule has 0 amide bonds. The fourth-order valence-electron chi connectivity index (χ4n) is 1.32. The molecule has 14 heavy (non-hydrogen) atoms. The Balaban J connectivity index is 2.11. The lowest BCUT2D eigenvalue weighted by molar-refractivity contribution is 0.963. The lowest BCUT2D eigenvalue weighted by Gasteiger charge is -1.95. The van der Waals surface area contributed by atoms with Crippen molar-refractivity contribution < 1.29 is 0 Å². The van der Waals surface area contributed by atoms with Gasteiger partial charge in [0, 0.05) is 12.8 Å². The van der Waals surface area contributed by atoms with Gasteiger partial charge < -0.3 is 4.98 Å². The molecule has 0 aliphatic carbocycles. The number of rotatable bonds is 3. The van der Waals surface area contributed by atoms with Gasteiger partial charge in [-0.1, -0.05) is 30.3 Å². The lowest BCUT2D eigenvalue weighted by Crippen LogP contribution is -1.90. The summed E-state index contributed by atoms with van der Waals surface area (Å²) in [6.45, 7) is 3.74. The van der Waals surface area contributed by atoms with Crippen molar-refractivity contribution in [3.63, 3.8) is 0 Å². The summed E-state index contributed by atoms with van der Waals surface area (Å²) in [7, 11) is 0. The summed E-state index contributed by atoms with van der Waals surface area (Å²) in [6.07, 6.45) is 1.45. The fourth-order valence-corrected chi connectivity index (χ4v) is 1.32.